The van der Waals surface area contributed by atoms with E-state index in [-0.39, 0.29) is 5.91 Å². The molecule has 1 atom stereocenters. The van der Waals surface area contributed by atoms with Crippen LogP contribution in [0.25, 0.3) is 5.69 Å². The highest BCUT2D eigenvalue weighted by atomic mass is 16.2. The van der Waals surface area contributed by atoms with Gasteiger partial charge in [0.1, 0.15) is 12.7 Å². The van der Waals surface area contributed by atoms with Gasteiger partial charge in [-0.15, -0.1) is 0 Å². The van der Waals surface area contributed by atoms with E-state index in [9.17, 15) is 4.79 Å². The second-order valence-electron chi connectivity index (χ2n) is 3.89. The zero-order valence-corrected chi connectivity index (χ0v) is 10.1. The minimum Gasteiger partial charge on any atom is -0.325 e. The van der Waals surface area contributed by atoms with Crippen molar-refractivity contribution in [3.63, 3.8) is 0 Å². The van der Waals surface area contributed by atoms with Crippen molar-refractivity contribution in [2.45, 2.75) is 19.4 Å². The highest BCUT2D eigenvalue weighted by Crippen LogP contribution is 2.12. The molecule has 1 heterocycles. The van der Waals surface area contributed by atoms with Gasteiger partial charge in [0.2, 0.25) is 5.91 Å². The number of nitrogens with one attached hydrogen (secondary N) is 1. The summed E-state index contributed by atoms with van der Waals surface area (Å²) in [7, 11) is 0. The van der Waals surface area contributed by atoms with Crippen LogP contribution in [0.3, 0.4) is 0 Å². The van der Waals surface area contributed by atoms with E-state index >= 15 is 0 Å². The first kappa shape index (κ1) is 12.3. The van der Waals surface area contributed by atoms with Gasteiger partial charge in [0.05, 0.1) is 11.7 Å². The van der Waals surface area contributed by atoms with Crippen LogP contribution in [0.1, 0.15) is 13.3 Å². The molecular weight excluding hydrogens is 230 g/mol. The number of amides is 1. The Labute approximate surface area is 105 Å². The van der Waals surface area contributed by atoms with Gasteiger partial charge in [0.15, 0.2) is 0 Å². The molecule has 2 aromatic rings. The molecule has 0 fully saturated rings. The summed E-state index contributed by atoms with van der Waals surface area (Å²) < 4.78 is 1.64. The second-order valence-corrected chi connectivity index (χ2v) is 3.89. The van der Waals surface area contributed by atoms with Gasteiger partial charge in [-0.2, -0.15) is 5.10 Å². The molecule has 94 valence electrons. The smallest absolute Gasteiger partial charge is 0.241 e. The van der Waals surface area contributed by atoms with E-state index in [0.717, 1.165) is 5.69 Å². The van der Waals surface area contributed by atoms with Gasteiger partial charge in [0.25, 0.3) is 0 Å². The van der Waals surface area contributed by atoms with Crippen LogP contribution in [0.2, 0.25) is 0 Å². The lowest BCUT2D eigenvalue weighted by Crippen LogP contribution is -2.34. The third-order valence-corrected chi connectivity index (χ3v) is 2.59. The molecule has 6 nitrogen and oxygen atoms in total. The van der Waals surface area contributed by atoms with Crippen LogP contribution >= 0.6 is 0 Å². The fourth-order valence-electron chi connectivity index (χ4n) is 1.46. The number of anilines is 1. The number of carbonyl (C=O) groups excluding carboxylic acids is 1. The van der Waals surface area contributed by atoms with Gasteiger partial charge in [-0.25, -0.2) is 9.67 Å². The average molecular weight is 245 g/mol. The summed E-state index contributed by atoms with van der Waals surface area (Å²) in [6.45, 7) is 1.87. The Morgan fingerprint density at radius 2 is 2.17 bits per heavy atom. The highest BCUT2D eigenvalue weighted by Gasteiger charge is 2.10. The number of rotatable bonds is 4. The lowest BCUT2D eigenvalue weighted by molar-refractivity contribution is -0.117. The fourth-order valence-corrected chi connectivity index (χ4v) is 1.46. The van der Waals surface area contributed by atoms with Gasteiger partial charge < -0.3 is 11.1 Å². The van der Waals surface area contributed by atoms with Gasteiger partial charge >= 0.3 is 0 Å². The van der Waals surface area contributed by atoms with Crippen LogP contribution in [-0.2, 0) is 4.79 Å². The molecule has 0 spiro atoms. The van der Waals surface area contributed by atoms with Crippen molar-refractivity contribution >= 4 is 11.6 Å². The predicted molar refractivity (Wildman–Crippen MR) is 68.3 cm³/mol. The molecule has 1 aromatic carbocycles. The summed E-state index contributed by atoms with van der Waals surface area (Å²) in [6, 6.07) is 6.83. The monoisotopic (exact) mass is 245 g/mol. The lowest BCUT2D eigenvalue weighted by Gasteiger charge is -2.10. The van der Waals surface area contributed by atoms with E-state index in [1.807, 2.05) is 19.1 Å². The van der Waals surface area contributed by atoms with Crippen LogP contribution in [0.15, 0.2) is 36.9 Å². The second kappa shape index (κ2) is 5.42. The molecule has 18 heavy (non-hydrogen) atoms. The van der Waals surface area contributed by atoms with Gasteiger partial charge in [-0.05, 0) is 30.7 Å². The van der Waals surface area contributed by atoms with E-state index in [2.05, 4.69) is 15.4 Å². The topological polar surface area (TPSA) is 85.8 Å². The molecule has 6 heteroatoms. The molecule has 1 unspecified atom stereocenters. The number of nitrogens with zero attached hydrogens (tertiary/aromatic N) is 3. The Balaban J connectivity index is 2.06. The number of aromatic nitrogens is 3. The van der Waals surface area contributed by atoms with Gasteiger partial charge in [0, 0.05) is 5.69 Å². The normalized spacial score (nSPS) is 12.1. The average Bonchev–Trinajstić information content (AvgIpc) is 2.92. The van der Waals surface area contributed by atoms with E-state index in [0.29, 0.717) is 12.1 Å². The molecule has 0 saturated carbocycles. The quantitative estimate of drug-likeness (QED) is 0.839. The van der Waals surface area contributed by atoms with Crippen molar-refractivity contribution in [2.24, 2.45) is 5.73 Å². The predicted octanol–water partition coefficient (Wildman–Crippen LogP) is 0.943. The first-order chi connectivity index (χ1) is 8.70. The van der Waals surface area contributed by atoms with Gasteiger partial charge in [-0.1, -0.05) is 6.92 Å². The van der Waals surface area contributed by atoms with E-state index < -0.39 is 6.04 Å². The van der Waals surface area contributed by atoms with Crippen molar-refractivity contribution in [2.75, 3.05) is 5.32 Å². The first-order valence-electron chi connectivity index (χ1n) is 5.72. The van der Waals surface area contributed by atoms with Crippen LogP contribution < -0.4 is 11.1 Å². The van der Waals surface area contributed by atoms with E-state index in [4.69, 9.17) is 5.73 Å². The number of benzene rings is 1. The SMILES string of the molecule is CCC(N)C(=O)Nc1ccc(-n2cncn2)cc1. The maximum atomic E-state index is 11.6. The van der Waals surface area contributed by atoms with Crippen molar-refractivity contribution in [1.82, 2.24) is 14.8 Å². The lowest BCUT2D eigenvalue weighted by atomic mass is 10.2. The molecule has 3 N–H and O–H groups in total. The molecule has 2 rings (SSSR count). The third-order valence-electron chi connectivity index (χ3n) is 2.59. The summed E-state index contributed by atoms with van der Waals surface area (Å²) in [5, 5.41) is 6.77. The summed E-state index contributed by atoms with van der Waals surface area (Å²) in [4.78, 5) is 15.5. The number of hydrogen-bond acceptors (Lipinski definition) is 4. The maximum absolute atomic E-state index is 11.6. The highest BCUT2D eigenvalue weighted by molar-refractivity contribution is 5.94. The van der Waals surface area contributed by atoms with Gasteiger partial charge in [-0.3, -0.25) is 4.79 Å². The first-order valence-corrected chi connectivity index (χ1v) is 5.72. The summed E-state index contributed by atoms with van der Waals surface area (Å²) in [6.07, 6.45) is 3.69. The van der Waals surface area contributed by atoms with Crippen LogP contribution in [0.5, 0.6) is 0 Å². The Hall–Kier alpha value is -2.21. The Morgan fingerprint density at radius 3 is 2.72 bits per heavy atom. The van der Waals surface area contributed by atoms with Crippen molar-refractivity contribution in [3.8, 4) is 5.69 Å². The van der Waals surface area contributed by atoms with E-state index in [1.54, 1.807) is 23.1 Å². The molecular formula is C12H15N5O. The Bertz CT molecular complexity index is 506. The molecule has 0 aliphatic heterocycles. The van der Waals surface area contributed by atoms with Crippen molar-refractivity contribution < 1.29 is 4.79 Å². The standard InChI is InChI=1S/C12H15N5O/c1-2-11(13)12(18)16-9-3-5-10(6-4-9)17-8-14-7-15-17/h3-8,11H,2,13H2,1H3,(H,16,18). The van der Waals surface area contributed by atoms with Crippen LogP contribution in [0.4, 0.5) is 5.69 Å². The van der Waals surface area contributed by atoms with Crippen LogP contribution in [0, 0.1) is 0 Å². The zero-order chi connectivity index (χ0) is 13.0. The molecule has 0 radical (unpaired) electrons. The number of nitrogens with two attached hydrogens (primary N) is 1. The third kappa shape index (κ3) is 2.72. The summed E-state index contributed by atoms with van der Waals surface area (Å²) in [5.74, 6) is -0.175. The Kier molecular flexibility index (Phi) is 3.69. The molecule has 0 bridgehead atoms. The number of hydrogen-bond donors (Lipinski definition) is 2. The van der Waals surface area contributed by atoms with E-state index in [1.165, 1.54) is 6.33 Å². The summed E-state index contributed by atoms with van der Waals surface area (Å²) in [5.41, 5.74) is 7.23. The van der Waals surface area contributed by atoms with Crippen molar-refractivity contribution in [3.05, 3.63) is 36.9 Å². The molecule has 0 saturated heterocycles. The fraction of sp³-hybridized carbons (Fsp3) is 0.250. The zero-order valence-electron chi connectivity index (χ0n) is 10.1. The Morgan fingerprint density at radius 1 is 1.44 bits per heavy atom. The maximum Gasteiger partial charge on any atom is 0.241 e. The minimum atomic E-state index is -0.472. The largest absolute Gasteiger partial charge is 0.325 e. The molecule has 0 aliphatic rings. The van der Waals surface area contributed by atoms with Crippen LogP contribution in [-0.4, -0.2) is 26.7 Å². The summed E-state index contributed by atoms with van der Waals surface area (Å²) >= 11 is 0. The number of carbonyl (C=O) groups is 1. The molecule has 1 aromatic heterocycles. The minimum absolute atomic E-state index is 0.175. The van der Waals surface area contributed by atoms with Crippen molar-refractivity contribution in [1.29, 1.82) is 0 Å². The molecule has 1 amide bonds. The molecule has 0 aliphatic carbocycles.